The fourth-order valence-electron chi connectivity index (χ4n) is 2.12. The second-order valence-corrected chi connectivity index (χ2v) is 6.95. The monoisotopic (exact) mass is 375 g/mol. The van der Waals surface area contributed by atoms with Crippen LogP contribution < -0.4 is 13.6 Å². The van der Waals surface area contributed by atoms with Gasteiger partial charge in [0.1, 0.15) is 17.2 Å². The molecule has 0 aliphatic rings. The van der Waals surface area contributed by atoms with Crippen molar-refractivity contribution < 1.29 is 27.7 Å². The van der Waals surface area contributed by atoms with Crippen LogP contribution in [0.4, 0.5) is 0 Å². The zero-order valence-corrected chi connectivity index (χ0v) is 15.1. The molecule has 0 aliphatic carbocycles. The Labute approximate surface area is 163 Å². The van der Waals surface area contributed by atoms with Gasteiger partial charge >= 0.3 is 7.82 Å². The largest absolute Gasteiger partial charge is 0.647 e. The van der Waals surface area contributed by atoms with Gasteiger partial charge in [0.2, 0.25) is 0 Å². The van der Waals surface area contributed by atoms with Gasteiger partial charge in [-0.3, -0.25) is 0 Å². The van der Waals surface area contributed by atoms with E-state index in [0.29, 0.717) is 5.56 Å². The van der Waals surface area contributed by atoms with Gasteiger partial charge in [-0.1, -0.05) is 42.4 Å². The molecule has 0 saturated carbocycles. The highest BCUT2D eigenvalue weighted by molar-refractivity contribution is 7.49. The third kappa shape index (κ3) is 4.68. The minimum absolute atomic E-state index is 0.115. The van der Waals surface area contributed by atoms with Crippen LogP contribution in [0.1, 0.15) is 26.3 Å². The predicted octanol–water partition coefficient (Wildman–Crippen LogP) is 6.26. The summed E-state index contributed by atoms with van der Waals surface area (Å²) in [6, 6.07) is 9.87. The van der Waals surface area contributed by atoms with Crippen LogP contribution in [0.15, 0.2) is 72.7 Å². The second-order valence-electron chi connectivity index (χ2n) is 5.51. The standard InChI is InChI=1S/C21H21O4P/c1-16-8-6-11-19(14-16)23-26(22,24-20-12-7-9-17(2)15-20)25-21-13-5-4-10-18(21)3/h4-15H,1-3H3/i1D3,6D,8D,11D,14D. The smallest absolute Gasteiger partial charge is 0.386 e. The van der Waals surface area contributed by atoms with Crippen molar-refractivity contribution in [1.82, 2.24) is 0 Å². The van der Waals surface area contributed by atoms with Crippen LogP contribution in [0.25, 0.3) is 0 Å². The molecule has 0 aliphatic heterocycles. The molecule has 0 bridgehead atoms. The van der Waals surface area contributed by atoms with Gasteiger partial charge in [-0.25, -0.2) is 0 Å². The van der Waals surface area contributed by atoms with Gasteiger partial charge < -0.3 is 13.6 Å². The molecule has 134 valence electrons. The van der Waals surface area contributed by atoms with Crippen molar-refractivity contribution in [2.75, 3.05) is 0 Å². The van der Waals surface area contributed by atoms with Gasteiger partial charge in [0.15, 0.2) is 0 Å². The summed E-state index contributed by atoms with van der Waals surface area (Å²) in [5, 5.41) is 0. The summed E-state index contributed by atoms with van der Waals surface area (Å²) in [6.45, 7) is 0.544. The second kappa shape index (κ2) is 7.67. The zero-order chi connectivity index (χ0) is 24.6. The van der Waals surface area contributed by atoms with Crippen LogP contribution in [-0.2, 0) is 4.57 Å². The van der Waals surface area contributed by atoms with Gasteiger partial charge in [0.05, 0.1) is 5.48 Å². The summed E-state index contributed by atoms with van der Waals surface area (Å²) in [5.41, 5.74) is 0.586. The number of benzene rings is 3. The molecule has 0 amide bonds. The van der Waals surface area contributed by atoms with E-state index in [2.05, 4.69) is 0 Å². The highest BCUT2D eigenvalue weighted by Gasteiger charge is 2.33. The van der Waals surface area contributed by atoms with Gasteiger partial charge in [-0.2, -0.15) is 4.57 Å². The molecule has 0 radical (unpaired) electrons. The lowest BCUT2D eigenvalue weighted by Gasteiger charge is -2.20. The van der Waals surface area contributed by atoms with E-state index >= 15 is 0 Å². The molecular weight excluding hydrogens is 347 g/mol. The fourth-order valence-corrected chi connectivity index (χ4v) is 3.36. The number of phosphoric ester groups is 1. The Morgan fingerprint density at radius 2 is 1.73 bits per heavy atom. The van der Waals surface area contributed by atoms with E-state index in [1.807, 2.05) is 0 Å². The summed E-state index contributed by atoms with van der Waals surface area (Å²) in [5.74, 6) is -0.526. The number of rotatable bonds is 6. The SMILES string of the molecule is [2H]c1c([2H])c(OP(=O)(Oc2cccc(C)c2)Oc2ccccc2C)c([2H])c(C([2H])([2H])[2H])c1[2H]. The first-order valence-corrected chi connectivity index (χ1v) is 9.20. The minimum Gasteiger partial charge on any atom is -0.386 e. The first kappa shape index (κ1) is 11.1. The lowest BCUT2D eigenvalue weighted by Crippen LogP contribution is -2.08. The van der Waals surface area contributed by atoms with Crippen molar-refractivity contribution in [3.05, 3.63) is 89.4 Å². The average Bonchev–Trinajstić information content (AvgIpc) is 2.70. The summed E-state index contributed by atoms with van der Waals surface area (Å²) in [6.07, 6.45) is 0. The maximum absolute atomic E-state index is 13.8. The zero-order valence-electron chi connectivity index (χ0n) is 21.2. The lowest BCUT2D eigenvalue weighted by atomic mass is 10.2. The van der Waals surface area contributed by atoms with E-state index in [-0.39, 0.29) is 11.5 Å². The van der Waals surface area contributed by atoms with E-state index < -0.39 is 50.2 Å². The molecule has 4 nitrogen and oxygen atoms in total. The van der Waals surface area contributed by atoms with Crippen LogP contribution in [0.5, 0.6) is 17.2 Å². The molecule has 0 aromatic heterocycles. The normalized spacial score (nSPS) is 17.2. The number of aryl methyl sites for hydroxylation is 2. The summed E-state index contributed by atoms with van der Waals surface area (Å²) in [4.78, 5) is 0. The van der Waals surface area contributed by atoms with Crippen molar-refractivity contribution in [3.63, 3.8) is 0 Å². The predicted molar refractivity (Wildman–Crippen MR) is 103 cm³/mol. The van der Waals surface area contributed by atoms with E-state index in [4.69, 9.17) is 23.2 Å². The molecular formula is C21H21O4P. The fraction of sp³-hybridized carbons (Fsp3) is 0.143. The summed E-state index contributed by atoms with van der Waals surface area (Å²) in [7, 11) is -4.66. The Balaban J connectivity index is 2.15. The highest BCUT2D eigenvalue weighted by atomic mass is 31.2. The maximum atomic E-state index is 13.8. The molecule has 3 rings (SSSR count). The van der Waals surface area contributed by atoms with Crippen molar-refractivity contribution in [3.8, 4) is 17.2 Å². The molecule has 3 aromatic carbocycles. The topological polar surface area (TPSA) is 44.8 Å². The van der Waals surface area contributed by atoms with Crippen molar-refractivity contribution in [2.24, 2.45) is 0 Å². The molecule has 26 heavy (non-hydrogen) atoms. The lowest BCUT2D eigenvalue weighted by molar-refractivity contribution is 0.297. The molecule has 0 fully saturated rings. The van der Waals surface area contributed by atoms with E-state index in [1.165, 1.54) is 12.1 Å². The van der Waals surface area contributed by atoms with Gasteiger partial charge in [-0.05, 0) is 67.7 Å². The Morgan fingerprint density at radius 1 is 0.923 bits per heavy atom. The summed E-state index contributed by atoms with van der Waals surface area (Å²) >= 11 is 0. The molecule has 0 spiro atoms. The molecule has 1 atom stereocenters. The number of hydrogen-bond donors (Lipinski definition) is 0. The third-order valence-corrected chi connectivity index (χ3v) is 4.58. The molecule has 0 heterocycles. The number of hydrogen-bond acceptors (Lipinski definition) is 4. The minimum atomic E-state index is -4.66. The van der Waals surface area contributed by atoms with Crippen LogP contribution in [0.2, 0.25) is 0 Å². The number of phosphoric acid groups is 1. The van der Waals surface area contributed by atoms with Crippen molar-refractivity contribution in [2.45, 2.75) is 20.7 Å². The van der Waals surface area contributed by atoms with E-state index in [0.717, 1.165) is 5.56 Å². The number of para-hydroxylation sites is 1. The molecule has 3 aromatic rings. The Hall–Kier alpha value is -2.71. The van der Waals surface area contributed by atoms with Gasteiger partial charge in [0.25, 0.3) is 0 Å². The maximum Gasteiger partial charge on any atom is 0.647 e. The molecule has 0 saturated heterocycles. The quantitative estimate of drug-likeness (QED) is 0.477. The van der Waals surface area contributed by atoms with Gasteiger partial charge in [0, 0.05) is 4.11 Å². The van der Waals surface area contributed by atoms with Gasteiger partial charge in [-0.15, -0.1) is 0 Å². The summed E-state index contributed by atoms with van der Waals surface area (Å²) < 4.78 is 85.4. The Morgan fingerprint density at radius 3 is 2.50 bits per heavy atom. The average molecular weight is 375 g/mol. The highest BCUT2D eigenvalue weighted by Crippen LogP contribution is 2.50. The Kier molecular flexibility index (Phi) is 3.27. The Bertz CT molecular complexity index is 1240. The molecule has 1 unspecified atom stereocenters. The van der Waals surface area contributed by atoms with Crippen molar-refractivity contribution in [1.29, 1.82) is 0 Å². The van der Waals surface area contributed by atoms with Crippen LogP contribution >= 0.6 is 7.82 Å². The molecule has 5 heteroatoms. The first-order valence-electron chi connectivity index (χ1n) is 11.2. The van der Waals surface area contributed by atoms with E-state index in [1.54, 1.807) is 50.2 Å². The third-order valence-electron chi connectivity index (χ3n) is 3.32. The van der Waals surface area contributed by atoms with Crippen LogP contribution in [0.3, 0.4) is 0 Å². The van der Waals surface area contributed by atoms with Crippen LogP contribution in [-0.4, -0.2) is 0 Å². The van der Waals surface area contributed by atoms with Crippen molar-refractivity contribution >= 4 is 7.82 Å². The van der Waals surface area contributed by atoms with Crippen LogP contribution in [0, 0.1) is 20.7 Å². The van der Waals surface area contributed by atoms with E-state index in [9.17, 15) is 4.57 Å². The first-order chi connectivity index (χ1) is 15.3. The molecule has 0 N–H and O–H groups in total.